The average Bonchev–Trinajstić information content (AvgIpc) is 2.67. The van der Waals surface area contributed by atoms with E-state index in [2.05, 4.69) is 0 Å². The lowest BCUT2D eigenvalue weighted by Gasteiger charge is -2.55. The fourth-order valence-electron chi connectivity index (χ4n) is 4.27. The van der Waals surface area contributed by atoms with Crippen molar-refractivity contribution in [3.8, 4) is 0 Å². The Hall–Kier alpha value is -2.00. The second-order valence-electron chi connectivity index (χ2n) is 7.82. The minimum Gasteiger partial charge on any atom is -0.459 e. The van der Waals surface area contributed by atoms with E-state index in [1.807, 2.05) is 37.3 Å². The van der Waals surface area contributed by atoms with Crippen molar-refractivity contribution in [2.45, 2.75) is 76.2 Å². The molecule has 0 N–H and O–H groups in total. The van der Waals surface area contributed by atoms with E-state index in [1.165, 1.54) is 13.8 Å². The molecule has 0 radical (unpaired) electrons. The quantitative estimate of drug-likeness (QED) is 0.706. The Balaban J connectivity index is 1.53. The fraction of sp³-hybridized carbons (Fsp3) is 0.619. The first-order valence-corrected chi connectivity index (χ1v) is 9.85. The fourth-order valence-corrected chi connectivity index (χ4v) is 4.27. The third-order valence-corrected chi connectivity index (χ3v) is 5.66. The molecule has 1 aromatic rings. The highest BCUT2D eigenvalue weighted by molar-refractivity contribution is 5.66. The summed E-state index contributed by atoms with van der Waals surface area (Å²) in [6, 6.07) is 9.69. The smallest absolute Gasteiger partial charge is 0.304 e. The molecule has 0 aliphatic carbocycles. The molecule has 3 heterocycles. The number of benzene rings is 1. The summed E-state index contributed by atoms with van der Waals surface area (Å²) in [7, 11) is 0. The van der Waals surface area contributed by atoms with Crippen LogP contribution in [0.15, 0.2) is 30.3 Å². The first-order chi connectivity index (χ1) is 13.8. The number of hydrogen-bond donors (Lipinski definition) is 0. The largest absolute Gasteiger partial charge is 0.459 e. The number of carbonyl (C=O) groups excluding carboxylic acids is 2. The van der Waals surface area contributed by atoms with E-state index in [9.17, 15) is 9.59 Å². The molecule has 7 atom stereocenters. The van der Waals surface area contributed by atoms with Gasteiger partial charge in [0.05, 0.1) is 25.2 Å². The van der Waals surface area contributed by atoms with E-state index in [0.717, 1.165) is 5.56 Å². The van der Waals surface area contributed by atoms with Crippen LogP contribution >= 0.6 is 0 Å². The molecule has 29 heavy (non-hydrogen) atoms. The molecule has 8 heteroatoms. The summed E-state index contributed by atoms with van der Waals surface area (Å²) < 4.78 is 35.2. The van der Waals surface area contributed by atoms with E-state index in [0.29, 0.717) is 13.0 Å². The number of ether oxygens (including phenoxy) is 6. The van der Waals surface area contributed by atoms with Gasteiger partial charge in [0.2, 0.25) is 6.29 Å². The zero-order valence-corrected chi connectivity index (χ0v) is 16.7. The Morgan fingerprint density at radius 1 is 1.00 bits per heavy atom. The molecule has 0 spiro atoms. The Morgan fingerprint density at radius 3 is 2.41 bits per heavy atom. The van der Waals surface area contributed by atoms with Gasteiger partial charge in [0.15, 0.2) is 6.29 Å². The van der Waals surface area contributed by atoms with Gasteiger partial charge in [0.1, 0.15) is 17.8 Å². The van der Waals surface area contributed by atoms with Crippen molar-refractivity contribution in [2.75, 3.05) is 6.61 Å². The van der Waals surface area contributed by atoms with Crippen molar-refractivity contribution in [3.05, 3.63) is 35.9 Å². The normalized spacial score (nSPS) is 39.0. The minimum atomic E-state index is -0.893. The number of hydrogen-bond acceptors (Lipinski definition) is 8. The molecule has 1 aromatic carbocycles. The molecular weight excluding hydrogens is 380 g/mol. The molecule has 0 saturated carbocycles. The molecule has 3 saturated heterocycles. The van der Waals surface area contributed by atoms with E-state index < -0.39 is 42.3 Å². The van der Waals surface area contributed by atoms with Crippen molar-refractivity contribution in [3.63, 3.8) is 0 Å². The lowest BCUT2D eigenvalue weighted by atomic mass is 9.80. The second-order valence-corrected chi connectivity index (χ2v) is 7.82. The van der Waals surface area contributed by atoms with Crippen molar-refractivity contribution >= 4 is 11.9 Å². The minimum absolute atomic E-state index is 0.206. The van der Waals surface area contributed by atoms with Crippen LogP contribution in [0, 0.1) is 0 Å². The van der Waals surface area contributed by atoms with Crippen molar-refractivity contribution in [1.29, 1.82) is 0 Å². The molecule has 8 nitrogen and oxygen atoms in total. The van der Waals surface area contributed by atoms with Gasteiger partial charge >= 0.3 is 11.9 Å². The zero-order valence-electron chi connectivity index (χ0n) is 16.7. The average molecular weight is 406 g/mol. The summed E-state index contributed by atoms with van der Waals surface area (Å²) in [6.45, 7) is 4.87. The van der Waals surface area contributed by atoms with Gasteiger partial charge in [-0.2, -0.15) is 0 Å². The second kappa shape index (κ2) is 8.02. The van der Waals surface area contributed by atoms with E-state index in [-0.39, 0.29) is 18.6 Å². The Kier molecular flexibility index (Phi) is 5.61. The summed E-state index contributed by atoms with van der Waals surface area (Å²) in [5, 5.41) is 0. The van der Waals surface area contributed by atoms with Crippen LogP contribution in [0.3, 0.4) is 0 Å². The number of carbonyl (C=O) groups is 2. The molecule has 0 bridgehead atoms. The molecule has 158 valence electrons. The highest BCUT2D eigenvalue weighted by atomic mass is 16.7. The standard InChI is InChI=1S/C21H26O8/c1-12(22)25-18-10-19(26-13(2)23)28-17-9-15-16(29-21(17,18)3)11-24-20(27-15)14-7-5-4-6-8-14/h4-8,15-20H,9-11H2,1-3H3/t15-,16+,17+,18-,19?,20+,21+/m0/s1. The van der Waals surface area contributed by atoms with E-state index in [4.69, 9.17) is 28.4 Å². The predicted molar refractivity (Wildman–Crippen MR) is 98.5 cm³/mol. The van der Waals surface area contributed by atoms with Crippen LogP contribution in [0.25, 0.3) is 0 Å². The highest BCUT2D eigenvalue weighted by Gasteiger charge is 2.58. The Bertz CT molecular complexity index is 752. The lowest BCUT2D eigenvalue weighted by molar-refractivity contribution is -0.366. The van der Waals surface area contributed by atoms with Gasteiger partial charge in [0.25, 0.3) is 0 Å². The Morgan fingerprint density at radius 2 is 1.72 bits per heavy atom. The molecule has 1 unspecified atom stereocenters. The number of esters is 2. The topological polar surface area (TPSA) is 89.5 Å². The van der Waals surface area contributed by atoms with E-state index in [1.54, 1.807) is 0 Å². The van der Waals surface area contributed by atoms with Gasteiger partial charge < -0.3 is 28.4 Å². The SMILES string of the molecule is CC(=O)OC1C[C@H](OC(C)=O)[C@]2(C)O[C@@H]3CO[C@@H](c4ccccc4)O[C@H]3C[C@H]2O1. The maximum atomic E-state index is 11.7. The highest BCUT2D eigenvalue weighted by Crippen LogP contribution is 2.45. The first kappa shape index (κ1) is 20.3. The monoisotopic (exact) mass is 406 g/mol. The van der Waals surface area contributed by atoms with Crippen LogP contribution < -0.4 is 0 Å². The summed E-state index contributed by atoms with van der Waals surface area (Å²) in [4.78, 5) is 23.1. The third kappa shape index (κ3) is 4.16. The van der Waals surface area contributed by atoms with Crippen LogP contribution in [0.2, 0.25) is 0 Å². The number of fused-ring (bicyclic) bond motifs is 2. The van der Waals surface area contributed by atoms with Crippen molar-refractivity contribution in [2.24, 2.45) is 0 Å². The maximum Gasteiger partial charge on any atom is 0.304 e. The summed E-state index contributed by atoms with van der Waals surface area (Å²) in [5.41, 5.74) is 0.0370. The van der Waals surface area contributed by atoms with Crippen LogP contribution in [-0.2, 0) is 38.0 Å². The summed E-state index contributed by atoms with van der Waals surface area (Å²) >= 11 is 0. The molecule has 0 amide bonds. The molecule has 3 aliphatic heterocycles. The van der Waals surface area contributed by atoms with Gasteiger partial charge in [0, 0.05) is 25.8 Å². The maximum absolute atomic E-state index is 11.7. The van der Waals surface area contributed by atoms with Gasteiger partial charge in [-0.3, -0.25) is 9.59 Å². The first-order valence-electron chi connectivity index (χ1n) is 9.85. The third-order valence-electron chi connectivity index (χ3n) is 5.66. The van der Waals surface area contributed by atoms with Crippen LogP contribution in [0.5, 0.6) is 0 Å². The summed E-state index contributed by atoms with van der Waals surface area (Å²) in [6.07, 6.45) is -2.25. The summed E-state index contributed by atoms with van der Waals surface area (Å²) in [5.74, 6) is -0.884. The molecular formula is C21H26O8. The Labute approximate surface area is 169 Å². The van der Waals surface area contributed by atoms with Crippen LogP contribution in [0.4, 0.5) is 0 Å². The zero-order chi connectivity index (χ0) is 20.6. The molecule has 4 rings (SSSR count). The van der Waals surface area contributed by atoms with E-state index >= 15 is 0 Å². The molecule has 3 fully saturated rings. The van der Waals surface area contributed by atoms with Crippen LogP contribution in [-0.4, -0.2) is 54.9 Å². The van der Waals surface area contributed by atoms with Gasteiger partial charge in [-0.05, 0) is 6.92 Å². The molecule has 0 aromatic heterocycles. The van der Waals surface area contributed by atoms with Gasteiger partial charge in [-0.15, -0.1) is 0 Å². The van der Waals surface area contributed by atoms with Gasteiger partial charge in [-0.25, -0.2) is 0 Å². The van der Waals surface area contributed by atoms with Crippen LogP contribution in [0.1, 0.15) is 45.5 Å². The number of rotatable bonds is 3. The van der Waals surface area contributed by atoms with Crippen molar-refractivity contribution in [1.82, 2.24) is 0 Å². The van der Waals surface area contributed by atoms with Crippen molar-refractivity contribution < 1.29 is 38.0 Å². The molecule has 3 aliphatic rings. The lowest BCUT2D eigenvalue weighted by Crippen LogP contribution is -2.67. The predicted octanol–water partition coefficient (Wildman–Crippen LogP) is 2.26. The van der Waals surface area contributed by atoms with Gasteiger partial charge in [-0.1, -0.05) is 30.3 Å².